The number of ether oxygens (including phenoxy) is 1. The average molecular weight is 616 g/mol. The molecule has 1 aliphatic heterocycles. The van der Waals surface area contributed by atoms with Gasteiger partial charge in [-0.25, -0.2) is 4.98 Å². The highest BCUT2D eigenvalue weighted by molar-refractivity contribution is 7.22. The molecule has 224 valence electrons. The number of benzene rings is 3. The van der Waals surface area contributed by atoms with E-state index in [1.807, 2.05) is 63.0 Å². The monoisotopic (exact) mass is 615 g/mol. The second-order valence-corrected chi connectivity index (χ2v) is 14.0. The van der Waals surface area contributed by atoms with Crippen LogP contribution < -0.4 is 4.90 Å². The first kappa shape index (κ1) is 29.8. The molecule has 2 aromatic heterocycles. The number of thiazole rings is 1. The quantitative estimate of drug-likeness (QED) is 0.195. The third-order valence-corrected chi connectivity index (χ3v) is 9.63. The van der Waals surface area contributed by atoms with E-state index in [4.69, 9.17) is 21.3 Å². The molecule has 2 atom stereocenters. The predicted molar refractivity (Wildman–Crippen MR) is 177 cm³/mol. The summed E-state index contributed by atoms with van der Waals surface area (Å²) in [5.74, 6) is -0.0233. The lowest BCUT2D eigenvalue weighted by Crippen LogP contribution is -2.46. The number of likely N-dealkylation sites (N-methyl/N-ethyl adjacent to an activating group) is 1. The Hall–Kier alpha value is -3.30. The summed E-state index contributed by atoms with van der Waals surface area (Å²) < 4.78 is 9.38. The highest BCUT2D eigenvalue weighted by atomic mass is 35.5. The molecule has 5 aromatic rings. The van der Waals surface area contributed by atoms with Crippen molar-refractivity contribution in [3.05, 3.63) is 76.4 Å². The van der Waals surface area contributed by atoms with E-state index >= 15 is 0 Å². The Bertz CT molecular complexity index is 1820. The normalized spacial score (nSPS) is 17.2. The van der Waals surface area contributed by atoms with Crippen LogP contribution in [0.5, 0.6) is 0 Å². The van der Waals surface area contributed by atoms with Crippen molar-refractivity contribution in [3.8, 4) is 11.1 Å². The number of fused-ring (bicyclic) bond motifs is 2. The Balaban J connectivity index is 1.45. The van der Waals surface area contributed by atoms with Crippen LogP contribution in [-0.2, 0) is 16.6 Å². The molecule has 3 aromatic carbocycles. The van der Waals surface area contributed by atoms with Crippen molar-refractivity contribution in [3.63, 3.8) is 0 Å². The molecule has 0 bridgehead atoms. The molecule has 0 aliphatic carbocycles. The molecule has 43 heavy (non-hydrogen) atoms. The van der Waals surface area contributed by atoms with E-state index < -0.39 is 11.7 Å². The first-order valence-electron chi connectivity index (χ1n) is 14.6. The van der Waals surface area contributed by atoms with Crippen molar-refractivity contribution in [1.82, 2.24) is 19.7 Å². The Morgan fingerprint density at radius 1 is 1.09 bits per heavy atom. The molecule has 6 rings (SSSR count). The zero-order valence-electron chi connectivity index (χ0n) is 25.8. The molecule has 0 N–H and O–H groups in total. The minimum Gasteiger partial charge on any atom is -0.360 e. The minimum absolute atomic E-state index is 0.0233. The zero-order chi connectivity index (χ0) is 30.6. The van der Waals surface area contributed by atoms with Crippen LogP contribution in [0.3, 0.4) is 0 Å². The van der Waals surface area contributed by atoms with Gasteiger partial charge >= 0.3 is 0 Å². The minimum atomic E-state index is -0.698. The molecule has 1 saturated heterocycles. The maximum absolute atomic E-state index is 13.1. The third-order valence-electron chi connectivity index (χ3n) is 8.23. The van der Waals surface area contributed by atoms with Crippen molar-refractivity contribution in [2.45, 2.75) is 52.4 Å². The number of Topliss-reactive ketones (excluding diaryl/α,β-unsaturated/α-hetero) is 1. The summed E-state index contributed by atoms with van der Waals surface area (Å²) >= 11 is 7.99. The number of ketones is 1. The van der Waals surface area contributed by atoms with Crippen LogP contribution in [0.15, 0.2) is 54.7 Å². The van der Waals surface area contributed by atoms with E-state index in [0.29, 0.717) is 5.02 Å². The largest absolute Gasteiger partial charge is 0.360 e. The predicted octanol–water partition coefficient (Wildman–Crippen LogP) is 7.75. The van der Waals surface area contributed by atoms with Gasteiger partial charge in [0.25, 0.3) is 0 Å². The number of carbonyl (C=O) groups excluding carboxylic acids is 1. The first-order valence-corrected chi connectivity index (χ1v) is 15.8. The Kier molecular flexibility index (Phi) is 7.84. The first-order chi connectivity index (χ1) is 20.4. The van der Waals surface area contributed by atoms with E-state index in [0.717, 1.165) is 68.1 Å². The van der Waals surface area contributed by atoms with Gasteiger partial charge < -0.3 is 9.64 Å². The fourth-order valence-corrected chi connectivity index (χ4v) is 7.36. The Morgan fingerprint density at radius 3 is 2.53 bits per heavy atom. The van der Waals surface area contributed by atoms with Gasteiger partial charge in [0.2, 0.25) is 0 Å². The lowest BCUT2D eigenvalue weighted by molar-refractivity contribution is -0.138. The number of hydrogen-bond acceptors (Lipinski definition) is 7. The van der Waals surface area contributed by atoms with E-state index in [-0.39, 0.29) is 11.8 Å². The van der Waals surface area contributed by atoms with Gasteiger partial charge in [0.1, 0.15) is 6.10 Å². The molecule has 1 aliphatic rings. The average Bonchev–Trinajstić information content (AvgIpc) is 3.54. The summed E-state index contributed by atoms with van der Waals surface area (Å²) in [6.07, 6.45) is 1.24. The maximum Gasteiger partial charge on any atom is 0.186 e. The molecule has 1 fully saturated rings. The summed E-state index contributed by atoms with van der Waals surface area (Å²) in [5, 5.41) is 7.23. The highest BCUT2D eigenvalue weighted by Crippen LogP contribution is 2.45. The van der Waals surface area contributed by atoms with E-state index in [1.165, 1.54) is 5.56 Å². The van der Waals surface area contributed by atoms with Crippen LogP contribution >= 0.6 is 22.9 Å². The standard InChI is InChI=1S/C34H38ClN5O2S/c1-20-16-26-32(30(22-8-11-25(35)12-9-22)29(20)31(21(2)41)42-34(3,4)5)43-33(37-26)40-15-14-38(6)28(19-40)23-10-13-27-24(17-23)18-36-39(27)7/h8-13,16-18,28,31H,14-15,19H2,1-7H3/t28-,31-/m1/s1. The molecular weight excluding hydrogens is 578 g/mol. The summed E-state index contributed by atoms with van der Waals surface area (Å²) in [6, 6.07) is 16.8. The summed E-state index contributed by atoms with van der Waals surface area (Å²) in [5.41, 5.74) is 6.70. The molecule has 0 saturated carbocycles. The topological polar surface area (TPSA) is 63.5 Å². The van der Waals surface area contributed by atoms with Gasteiger partial charge in [-0.15, -0.1) is 0 Å². The molecule has 3 heterocycles. The van der Waals surface area contributed by atoms with Crippen LogP contribution in [0.4, 0.5) is 5.13 Å². The van der Waals surface area contributed by atoms with Crippen molar-refractivity contribution >= 4 is 55.0 Å². The number of hydrogen-bond donors (Lipinski definition) is 0. The van der Waals surface area contributed by atoms with Crippen molar-refractivity contribution in [1.29, 1.82) is 0 Å². The Morgan fingerprint density at radius 2 is 1.84 bits per heavy atom. The van der Waals surface area contributed by atoms with Crippen LogP contribution in [0, 0.1) is 6.92 Å². The highest BCUT2D eigenvalue weighted by Gasteiger charge is 2.32. The fraction of sp³-hybridized carbons (Fsp3) is 0.382. The summed E-state index contributed by atoms with van der Waals surface area (Å²) in [4.78, 5) is 23.1. The van der Waals surface area contributed by atoms with Gasteiger partial charge in [-0.2, -0.15) is 5.10 Å². The van der Waals surface area contributed by atoms with Crippen LogP contribution in [-0.4, -0.2) is 57.7 Å². The number of rotatable bonds is 6. The van der Waals surface area contributed by atoms with Gasteiger partial charge in [0, 0.05) is 48.2 Å². The summed E-state index contributed by atoms with van der Waals surface area (Å²) in [6.45, 7) is 12.2. The molecule has 0 spiro atoms. The van der Waals surface area contributed by atoms with Gasteiger partial charge in [-0.3, -0.25) is 14.4 Å². The molecule has 9 heteroatoms. The van der Waals surface area contributed by atoms with Gasteiger partial charge in [0.15, 0.2) is 10.9 Å². The van der Waals surface area contributed by atoms with E-state index in [9.17, 15) is 4.79 Å². The van der Waals surface area contributed by atoms with Crippen LogP contribution in [0.2, 0.25) is 5.02 Å². The Labute approximate surface area is 262 Å². The lowest BCUT2D eigenvalue weighted by Gasteiger charge is -2.39. The number of carbonyl (C=O) groups is 1. The number of aryl methyl sites for hydroxylation is 2. The second kappa shape index (κ2) is 11.3. The molecular formula is C34H38ClN5O2S. The fourth-order valence-electron chi connectivity index (χ4n) is 6.07. The smallest absolute Gasteiger partial charge is 0.186 e. The lowest BCUT2D eigenvalue weighted by atomic mass is 9.90. The molecule has 0 radical (unpaired) electrons. The van der Waals surface area contributed by atoms with Gasteiger partial charge in [-0.05, 0) is 88.7 Å². The zero-order valence-corrected chi connectivity index (χ0v) is 27.4. The molecule has 0 amide bonds. The van der Waals surface area contributed by atoms with Crippen molar-refractivity contribution < 1.29 is 9.53 Å². The van der Waals surface area contributed by atoms with Crippen molar-refractivity contribution in [2.75, 3.05) is 31.6 Å². The number of piperazine rings is 1. The van der Waals surface area contributed by atoms with Crippen LogP contribution in [0.25, 0.3) is 32.2 Å². The van der Waals surface area contributed by atoms with Crippen LogP contribution in [0.1, 0.15) is 56.5 Å². The summed E-state index contributed by atoms with van der Waals surface area (Å²) in [7, 11) is 4.17. The second-order valence-electron chi connectivity index (χ2n) is 12.6. The van der Waals surface area contributed by atoms with Crippen molar-refractivity contribution in [2.24, 2.45) is 7.05 Å². The molecule has 0 unspecified atom stereocenters. The SMILES string of the molecule is CC(=O)[C@@H](OC(C)(C)C)c1c(C)cc2nc(N3CCN(C)[C@@H](c4ccc5c(cnn5C)c4)C3)sc2c1-c1ccc(Cl)cc1. The number of nitrogens with zero attached hydrogens (tertiary/aromatic N) is 5. The van der Waals surface area contributed by atoms with Gasteiger partial charge in [-0.1, -0.05) is 41.1 Å². The van der Waals surface area contributed by atoms with E-state index in [2.05, 4.69) is 53.1 Å². The maximum atomic E-state index is 13.1. The van der Waals surface area contributed by atoms with Gasteiger partial charge in [0.05, 0.1) is 33.6 Å². The molecule has 7 nitrogen and oxygen atoms in total. The number of anilines is 1. The number of halogens is 1. The van der Waals surface area contributed by atoms with E-state index in [1.54, 1.807) is 18.3 Å². The third kappa shape index (κ3) is 5.81. The number of aromatic nitrogens is 3.